The molecule has 2 heteroatoms. The number of hydrogen-bond acceptors (Lipinski definition) is 2. The quantitative estimate of drug-likeness (QED) is 0.135. The van der Waals surface area contributed by atoms with Crippen LogP contribution < -0.4 is 0 Å². The normalized spacial score (nSPS) is 12.8. The van der Waals surface area contributed by atoms with Crippen LogP contribution in [0.1, 0.15) is 164 Å². The van der Waals surface area contributed by atoms with Gasteiger partial charge in [-0.05, 0) is 60.3 Å². The van der Waals surface area contributed by atoms with Crippen molar-refractivity contribution >= 4 is 0 Å². The van der Waals surface area contributed by atoms with E-state index in [9.17, 15) is 0 Å². The molecule has 0 aromatic heterocycles. The minimum absolute atomic E-state index is 0.0755. The van der Waals surface area contributed by atoms with E-state index in [1.54, 1.807) is 0 Å². The molecule has 0 spiro atoms. The fraction of sp³-hybridized carbons (Fsp3) is 1.00. The molecule has 0 saturated heterocycles. The fourth-order valence-corrected chi connectivity index (χ4v) is 4.92. The molecular formula is C30H62O2. The third kappa shape index (κ3) is 21.7. The van der Waals surface area contributed by atoms with Crippen molar-refractivity contribution in [1.82, 2.24) is 0 Å². The molecule has 32 heavy (non-hydrogen) atoms. The van der Waals surface area contributed by atoms with E-state index in [1.807, 2.05) is 0 Å². The first-order valence-corrected chi connectivity index (χ1v) is 14.5. The van der Waals surface area contributed by atoms with Crippen molar-refractivity contribution in [3.63, 3.8) is 0 Å². The number of hydrogen-bond donors (Lipinski definition) is 0. The third-order valence-electron chi connectivity index (χ3n) is 7.02. The van der Waals surface area contributed by atoms with Crippen LogP contribution in [0.3, 0.4) is 0 Å². The van der Waals surface area contributed by atoms with E-state index in [-0.39, 0.29) is 11.2 Å². The summed E-state index contributed by atoms with van der Waals surface area (Å²) < 4.78 is 11.6. The monoisotopic (exact) mass is 454 g/mol. The smallest absolute Gasteiger partial charge is 0.0626 e. The van der Waals surface area contributed by atoms with Crippen molar-refractivity contribution in [2.45, 2.75) is 175 Å². The van der Waals surface area contributed by atoms with Crippen LogP contribution in [0.25, 0.3) is 0 Å². The largest absolute Gasteiger partial charge is 0.376 e. The summed E-state index contributed by atoms with van der Waals surface area (Å²) in [5.41, 5.74) is 0.151. The molecule has 0 aromatic carbocycles. The molecule has 0 rings (SSSR count). The van der Waals surface area contributed by atoms with Gasteiger partial charge < -0.3 is 9.47 Å². The van der Waals surface area contributed by atoms with Gasteiger partial charge in [-0.1, -0.05) is 110 Å². The van der Waals surface area contributed by atoms with Gasteiger partial charge >= 0.3 is 0 Å². The second kappa shape index (κ2) is 20.3. The molecule has 2 nitrogen and oxygen atoms in total. The van der Waals surface area contributed by atoms with Gasteiger partial charge in [0.05, 0.1) is 11.2 Å². The van der Waals surface area contributed by atoms with E-state index >= 15 is 0 Å². The molecule has 0 aromatic rings. The highest BCUT2D eigenvalue weighted by Gasteiger charge is 2.17. The topological polar surface area (TPSA) is 18.5 Å². The SMILES string of the molecule is CCOC(C)(C)CCCCCCCCCC(C)CCCCCCCCCC(C)(C)OCC. The lowest BCUT2D eigenvalue weighted by molar-refractivity contribution is -0.0181. The Kier molecular flexibility index (Phi) is 20.3. The highest BCUT2D eigenvalue weighted by Crippen LogP contribution is 2.22. The van der Waals surface area contributed by atoms with E-state index in [0.29, 0.717) is 0 Å². The van der Waals surface area contributed by atoms with Crippen LogP contribution >= 0.6 is 0 Å². The van der Waals surface area contributed by atoms with Crippen molar-refractivity contribution in [3.8, 4) is 0 Å². The van der Waals surface area contributed by atoms with Crippen molar-refractivity contribution in [2.75, 3.05) is 13.2 Å². The molecule has 0 saturated carbocycles. The van der Waals surface area contributed by atoms with Crippen molar-refractivity contribution in [1.29, 1.82) is 0 Å². The van der Waals surface area contributed by atoms with Crippen LogP contribution in [0.4, 0.5) is 0 Å². The standard InChI is InChI=1S/C30H62O2/c1-8-31-29(4,5)26-22-18-14-10-12-16-20-24-28(3)25-21-17-13-11-15-19-23-27-30(6,7)32-9-2/h28H,8-27H2,1-7H3. The van der Waals surface area contributed by atoms with E-state index in [0.717, 1.165) is 19.1 Å². The summed E-state index contributed by atoms with van der Waals surface area (Å²) in [6.07, 6.45) is 24.9. The van der Waals surface area contributed by atoms with E-state index in [4.69, 9.17) is 9.47 Å². The molecule has 0 heterocycles. The summed E-state index contributed by atoms with van der Waals surface area (Å²) >= 11 is 0. The van der Waals surface area contributed by atoms with Gasteiger partial charge in [0.2, 0.25) is 0 Å². The highest BCUT2D eigenvalue weighted by atomic mass is 16.5. The minimum Gasteiger partial charge on any atom is -0.376 e. The fourth-order valence-electron chi connectivity index (χ4n) is 4.92. The first-order chi connectivity index (χ1) is 15.2. The molecule has 0 aliphatic rings. The third-order valence-corrected chi connectivity index (χ3v) is 7.02. The molecule has 0 radical (unpaired) electrons. The van der Waals surface area contributed by atoms with Crippen LogP contribution in [-0.2, 0) is 9.47 Å². The summed E-state index contributed by atoms with van der Waals surface area (Å²) in [6.45, 7) is 17.2. The predicted octanol–water partition coefficient (Wildman–Crippen LogP) is 10.3. The van der Waals surface area contributed by atoms with Crippen molar-refractivity contribution < 1.29 is 9.47 Å². The predicted molar refractivity (Wildman–Crippen MR) is 144 cm³/mol. The second-order valence-corrected chi connectivity index (χ2v) is 11.5. The van der Waals surface area contributed by atoms with Gasteiger partial charge in [0.25, 0.3) is 0 Å². The Bertz CT molecular complexity index is 352. The molecular weight excluding hydrogens is 392 g/mol. The molecule has 0 aliphatic carbocycles. The summed E-state index contributed by atoms with van der Waals surface area (Å²) in [5, 5.41) is 0. The Labute approximate surface area is 204 Å². The van der Waals surface area contributed by atoms with E-state index in [1.165, 1.54) is 116 Å². The molecule has 0 aliphatic heterocycles. The summed E-state index contributed by atoms with van der Waals surface area (Å²) in [5.74, 6) is 0.927. The molecule has 0 unspecified atom stereocenters. The van der Waals surface area contributed by atoms with Crippen LogP contribution in [0.2, 0.25) is 0 Å². The molecule has 194 valence electrons. The Hall–Kier alpha value is -0.0800. The average molecular weight is 455 g/mol. The lowest BCUT2D eigenvalue weighted by Crippen LogP contribution is -2.24. The van der Waals surface area contributed by atoms with Gasteiger partial charge in [-0.15, -0.1) is 0 Å². The second-order valence-electron chi connectivity index (χ2n) is 11.5. The van der Waals surface area contributed by atoms with Crippen LogP contribution in [0.5, 0.6) is 0 Å². The summed E-state index contributed by atoms with van der Waals surface area (Å²) in [6, 6.07) is 0. The molecule has 0 amide bonds. The maximum Gasteiger partial charge on any atom is 0.0626 e. The number of rotatable bonds is 24. The highest BCUT2D eigenvalue weighted by molar-refractivity contribution is 4.68. The first-order valence-electron chi connectivity index (χ1n) is 14.5. The molecule has 0 N–H and O–H groups in total. The Morgan fingerprint density at radius 2 is 0.750 bits per heavy atom. The van der Waals surface area contributed by atoms with Crippen molar-refractivity contribution in [3.05, 3.63) is 0 Å². The maximum absolute atomic E-state index is 5.79. The van der Waals surface area contributed by atoms with Crippen LogP contribution in [0.15, 0.2) is 0 Å². The van der Waals surface area contributed by atoms with Crippen LogP contribution in [0, 0.1) is 5.92 Å². The molecule has 0 fully saturated rings. The van der Waals surface area contributed by atoms with Gasteiger partial charge in [0.15, 0.2) is 0 Å². The van der Waals surface area contributed by atoms with E-state index in [2.05, 4.69) is 48.5 Å². The van der Waals surface area contributed by atoms with Gasteiger partial charge in [-0.3, -0.25) is 0 Å². The Balaban J connectivity index is 3.34. The van der Waals surface area contributed by atoms with Gasteiger partial charge in [0, 0.05) is 13.2 Å². The van der Waals surface area contributed by atoms with Gasteiger partial charge in [-0.25, -0.2) is 0 Å². The maximum atomic E-state index is 5.79. The zero-order valence-corrected chi connectivity index (χ0v) is 23.5. The summed E-state index contributed by atoms with van der Waals surface area (Å²) in [7, 11) is 0. The average Bonchev–Trinajstić information content (AvgIpc) is 2.71. The lowest BCUT2D eigenvalue weighted by Gasteiger charge is -2.24. The van der Waals surface area contributed by atoms with Gasteiger partial charge in [-0.2, -0.15) is 0 Å². The zero-order chi connectivity index (χ0) is 24.1. The van der Waals surface area contributed by atoms with Crippen molar-refractivity contribution in [2.24, 2.45) is 5.92 Å². The van der Waals surface area contributed by atoms with E-state index < -0.39 is 0 Å². The Morgan fingerprint density at radius 1 is 0.469 bits per heavy atom. The first kappa shape index (κ1) is 31.9. The number of unbranched alkanes of at least 4 members (excludes halogenated alkanes) is 12. The molecule has 0 bridgehead atoms. The summed E-state index contributed by atoms with van der Waals surface area (Å²) in [4.78, 5) is 0. The lowest BCUT2D eigenvalue weighted by atomic mass is 9.95. The Morgan fingerprint density at radius 3 is 1.06 bits per heavy atom. The minimum atomic E-state index is 0.0755. The van der Waals surface area contributed by atoms with Crippen LogP contribution in [-0.4, -0.2) is 24.4 Å². The van der Waals surface area contributed by atoms with Gasteiger partial charge in [0.1, 0.15) is 0 Å². The number of ether oxygens (including phenoxy) is 2. The molecule has 0 atom stereocenters. The zero-order valence-electron chi connectivity index (χ0n) is 23.5.